The summed E-state index contributed by atoms with van der Waals surface area (Å²) in [5, 5.41) is 0. The van der Waals surface area contributed by atoms with Crippen molar-refractivity contribution in [2.45, 2.75) is 25.4 Å². The van der Waals surface area contributed by atoms with Gasteiger partial charge in [-0.25, -0.2) is 4.98 Å². The Labute approximate surface area is 88.3 Å². The van der Waals surface area contributed by atoms with E-state index >= 15 is 0 Å². The van der Waals surface area contributed by atoms with Gasteiger partial charge in [0.05, 0.1) is 0 Å². The third-order valence-electron chi connectivity index (χ3n) is 2.52. The first-order valence-electron chi connectivity index (χ1n) is 4.86. The van der Waals surface area contributed by atoms with Gasteiger partial charge in [-0.1, -0.05) is 6.07 Å². The number of rotatable bonds is 2. The van der Waals surface area contributed by atoms with E-state index in [1.54, 1.807) is 0 Å². The van der Waals surface area contributed by atoms with Crippen LogP contribution in [0.4, 0.5) is 0 Å². The Bertz CT molecular complexity index is 470. The number of nitrogens with zero attached hydrogens (tertiary/aromatic N) is 1. The predicted octanol–water partition coefficient (Wildman–Crippen LogP) is 1.56. The van der Waals surface area contributed by atoms with E-state index in [9.17, 15) is 0 Å². The van der Waals surface area contributed by atoms with Gasteiger partial charge in [-0.2, -0.15) is 0 Å². The summed E-state index contributed by atoms with van der Waals surface area (Å²) in [6.07, 6.45) is 1.42. The first-order chi connectivity index (χ1) is 6.98. The van der Waals surface area contributed by atoms with E-state index in [2.05, 4.69) is 4.98 Å². The number of oxazole rings is 1. The van der Waals surface area contributed by atoms with Crippen LogP contribution in [0.15, 0.2) is 29.0 Å². The zero-order chi connectivity index (χ0) is 11.1. The summed E-state index contributed by atoms with van der Waals surface area (Å²) in [5.41, 5.74) is 14.1. The first kappa shape index (κ1) is 10.1. The molecule has 4 nitrogen and oxygen atoms in total. The lowest BCUT2D eigenvalue weighted by Crippen LogP contribution is -2.43. The molecular weight excluding hydrogens is 190 g/mol. The molecule has 4 N–H and O–H groups in total. The minimum absolute atomic E-state index is 0.216. The monoisotopic (exact) mass is 205 g/mol. The number of nitrogens with two attached hydrogens (primary N) is 2. The Balaban J connectivity index is 2.44. The summed E-state index contributed by atoms with van der Waals surface area (Å²) in [5.74, 6) is 0. The average molecular weight is 205 g/mol. The van der Waals surface area contributed by atoms with Crippen LogP contribution in [0.5, 0.6) is 0 Å². The fourth-order valence-corrected chi connectivity index (χ4v) is 1.49. The number of fused-ring (bicyclic) bond motifs is 1. The van der Waals surface area contributed by atoms with Gasteiger partial charge in [-0.15, -0.1) is 0 Å². The highest BCUT2D eigenvalue weighted by atomic mass is 16.3. The highest BCUT2D eigenvalue weighted by Gasteiger charge is 2.23. The summed E-state index contributed by atoms with van der Waals surface area (Å²) < 4.78 is 5.21. The third-order valence-corrected chi connectivity index (χ3v) is 2.52. The Hall–Kier alpha value is -1.39. The minimum atomic E-state index is -0.451. The molecule has 1 atom stereocenters. The lowest BCUT2D eigenvalue weighted by molar-refractivity contribution is 0.420. The molecule has 1 aromatic heterocycles. The maximum absolute atomic E-state index is 6.04. The van der Waals surface area contributed by atoms with Gasteiger partial charge in [0.25, 0.3) is 0 Å². The molecule has 1 aromatic carbocycles. The maximum Gasteiger partial charge on any atom is 0.181 e. The van der Waals surface area contributed by atoms with Crippen LogP contribution >= 0.6 is 0 Å². The van der Waals surface area contributed by atoms with E-state index in [1.165, 1.54) is 6.39 Å². The van der Waals surface area contributed by atoms with Crippen molar-refractivity contribution in [3.8, 4) is 0 Å². The summed E-state index contributed by atoms with van der Waals surface area (Å²) in [6, 6.07) is 5.50. The van der Waals surface area contributed by atoms with Crippen molar-refractivity contribution in [1.29, 1.82) is 0 Å². The van der Waals surface area contributed by atoms with Crippen LogP contribution in [0.2, 0.25) is 0 Å². The van der Waals surface area contributed by atoms with Gasteiger partial charge < -0.3 is 15.9 Å². The summed E-state index contributed by atoms with van der Waals surface area (Å²) in [7, 11) is 0. The van der Waals surface area contributed by atoms with Crippen LogP contribution in [0, 0.1) is 0 Å². The van der Waals surface area contributed by atoms with E-state index in [0.717, 1.165) is 16.7 Å². The van der Waals surface area contributed by atoms with Crippen molar-refractivity contribution in [3.63, 3.8) is 0 Å². The lowest BCUT2D eigenvalue weighted by Gasteiger charge is -2.27. The molecule has 15 heavy (non-hydrogen) atoms. The SMILES string of the molecule is CC(C)(N)C(N)c1ccc2ncoc2c1. The average Bonchev–Trinajstić information content (AvgIpc) is 2.61. The predicted molar refractivity (Wildman–Crippen MR) is 59.2 cm³/mol. The second-order valence-corrected chi connectivity index (χ2v) is 4.38. The van der Waals surface area contributed by atoms with Gasteiger partial charge in [-0.3, -0.25) is 0 Å². The number of benzene rings is 1. The van der Waals surface area contributed by atoms with Crippen LogP contribution in [0.3, 0.4) is 0 Å². The Kier molecular flexibility index (Phi) is 2.25. The normalized spacial score (nSPS) is 14.4. The summed E-state index contributed by atoms with van der Waals surface area (Å²) in [6.45, 7) is 3.81. The van der Waals surface area contributed by atoms with Crippen LogP contribution in [-0.4, -0.2) is 10.5 Å². The van der Waals surface area contributed by atoms with Crippen molar-refractivity contribution >= 4 is 11.1 Å². The van der Waals surface area contributed by atoms with Crippen molar-refractivity contribution < 1.29 is 4.42 Å². The zero-order valence-corrected chi connectivity index (χ0v) is 8.90. The summed E-state index contributed by atoms with van der Waals surface area (Å²) in [4.78, 5) is 4.04. The molecule has 0 saturated carbocycles. The standard InChI is InChI=1S/C11H15N3O/c1-11(2,13)10(12)7-3-4-8-9(5-7)15-6-14-8/h3-6,10H,12-13H2,1-2H3. The molecule has 1 unspecified atom stereocenters. The van der Waals surface area contributed by atoms with Gasteiger partial charge in [0.15, 0.2) is 12.0 Å². The Morgan fingerprint density at radius 1 is 1.40 bits per heavy atom. The van der Waals surface area contributed by atoms with Gasteiger partial charge in [0.1, 0.15) is 5.52 Å². The number of hydrogen-bond acceptors (Lipinski definition) is 4. The molecular formula is C11H15N3O. The maximum atomic E-state index is 6.04. The minimum Gasteiger partial charge on any atom is -0.443 e. The molecule has 0 amide bonds. The molecule has 0 saturated heterocycles. The van der Waals surface area contributed by atoms with Gasteiger partial charge in [0, 0.05) is 11.6 Å². The quantitative estimate of drug-likeness (QED) is 0.780. The van der Waals surface area contributed by atoms with Crippen LogP contribution in [0.1, 0.15) is 25.5 Å². The molecule has 0 radical (unpaired) electrons. The molecule has 4 heteroatoms. The van der Waals surface area contributed by atoms with Crippen molar-refractivity contribution in [2.24, 2.45) is 11.5 Å². The zero-order valence-electron chi connectivity index (χ0n) is 8.90. The largest absolute Gasteiger partial charge is 0.443 e. The molecule has 80 valence electrons. The van der Waals surface area contributed by atoms with E-state index in [4.69, 9.17) is 15.9 Å². The lowest BCUT2D eigenvalue weighted by atomic mass is 9.90. The van der Waals surface area contributed by atoms with Gasteiger partial charge >= 0.3 is 0 Å². The smallest absolute Gasteiger partial charge is 0.181 e. The van der Waals surface area contributed by atoms with Crippen molar-refractivity contribution in [3.05, 3.63) is 30.2 Å². The second kappa shape index (κ2) is 3.32. The van der Waals surface area contributed by atoms with E-state index in [1.807, 2.05) is 32.0 Å². The van der Waals surface area contributed by atoms with Crippen LogP contribution in [0.25, 0.3) is 11.1 Å². The van der Waals surface area contributed by atoms with E-state index < -0.39 is 5.54 Å². The van der Waals surface area contributed by atoms with Crippen molar-refractivity contribution in [1.82, 2.24) is 4.98 Å². The summed E-state index contributed by atoms with van der Waals surface area (Å²) >= 11 is 0. The Morgan fingerprint density at radius 2 is 2.13 bits per heavy atom. The molecule has 0 aliphatic carbocycles. The van der Waals surface area contributed by atoms with Crippen molar-refractivity contribution in [2.75, 3.05) is 0 Å². The molecule has 2 aromatic rings. The van der Waals surface area contributed by atoms with E-state index in [-0.39, 0.29) is 6.04 Å². The number of hydrogen-bond donors (Lipinski definition) is 2. The fraction of sp³-hybridized carbons (Fsp3) is 0.364. The molecule has 0 bridgehead atoms. The van der Waals surface area contributed by atoms with Gasteiger partial charge in [0.2, 0.25) is 0 Å². The Morgan fingerprint density at radius 3 is 2.80 bits per heavy atom. The van der Waals surface area contributed by atoms with Gasteiger partial charge in [-0.05, 0) is 31.5 Å². The van der Waals surface area contributed by atoms with E-state index in [0.29, 0.717) is 0 Å². The molecule has 0 aliphatic heterocycles. The fourth-order valence-electron chi connectivity index (χ4n) is 1.49. The number of aromatic nitrogens is 1. The highest BCUT2D eigenvalue weighted by Crippen LogP contribution is 2.24. The second-order valence-electron chi connectivity index (χ2n) is 4.38. The molecule has 0 spiro atoms. The van der Waals surface area contributed by atoms with Crippen LogP contribution < -0.4 is 11.5 Å². The first-order valence-corrected chi connectivity index (χ1v) is 4.86. The molecule has 0 aliphatic rings. The van der Waals surface area contributed by atoms with Crippen LogP contribution in [-0.2, 0) is 0 Å². The molecule has 2 rings (SSSR count). The topological polar surface area (TPSA) is 78.1 Å². The molecule has 0 fully saturated rings. The molecule has 1 heterocycles. The third kappa shape index (κ3) is 1.86. The highest BCUT2D eigenvalue weighted by molar-refractivity contribution is 5.72.